The zero-order valence-corrected chi connectivity index (χ0v) is 34.1. The molecule has 16 atom stereocenters. The van der Waals surface area contributed by atoms with Crippen LogP contribution in [0.15, 0.2) is 0 Å². The van der Waals surface area contributed by atoms with Crippen LogP contribution in [0, 0.1) is 30.1 Å². The fraction of sp³-hybridized carbons (Fsp3) is 0.892. The number of carbonyl (C=O) groups is 2. The van der Waals surface area contributed by atoms with Gasteiger partial charge in [-0.1, -0.05) is 13.8 Å². The van der Waals surface area contributed by atoms with Gasteiger partial charge in [-0.25, -0.2) is 0 Å². The number of halogens is 1. The molecule has 0 saturated carbocycles. The van der Waals surface area contributed by atoms with Crippen molar-refractivity contribution in [3.8, 4) is 12.3 Å². The Labute approximate surface area is 317 Å². The van der Waals surface area contributed by atoms with Crippen LogP contribution in [-0.4, -0.2) is 136 Å². The highest BCUT2D eigenvalue weighted by atomic mass is 127. The van der Waals surface area contributed by atoms with E-state index in [0.717, 1.165) is 13.0 Å². The summed E-state index contributed by atoms with van der Waals surface area (Å²) in [6.07, 6.45) is 0.970. The van der Waals surface area contributed by atoms with Crippen LogP contribution in [0.4, 0.5) is 0 Å². The highest BCUT2D eigenvalue weighted by Gasteiger charge is 2.49. The summed E-state index contributed by atoms with van der Waals surface area (Å²) in [4.78, 5) is 29.8. The molecule has 3 aliphatic rings. The monoisotopic (exact) mass is 839 g/mol. The van der Waals surface area contributed by atoms with E-state index in [1.165, 1.54) is 21.1 Å². The minimum Gasteiger partial charge on any atom is -0.448 e. The first-order valence-electron chi connectivity index (χ1n) is 18.1. The number of esters is 1. The molecule has 3 heterocycles. The lowest BCUT2D eigenvalue weighted by atomic mass is 9.81. The zero-order valence-electron chi connectivity index (χ0n) is 32.0. The number of terminal acetylenes is 1. The minimum absolute atomic E-state index is 0.114. The number of hydrogen-bond acceptors (Lipinski definition) is 13. The van der Waals surface area contributed by atoms with Crippen LogP contribution >= 0.6 is 22.6 Å². The second-order valence-electron chi connectivity index (χ2n) is 15.3. The molecule has 0 unspecified atom stereocenters. The first-order valence-corrected chi connectivity index (χ1v) is 19.3. The molecule has 0 aliphatic carbocycles. The number of cyclic esters (lactones) is 1. The number of rotatable bonds is 9. The Bertz CT molecular complexity index is 1180. The Kier molecular flexibility index (Phi) is 16.6. The normalized spacial score (nSPS) is 45.1. The molecule has 0 radical (unpaired) electrons. The van der Waals surface area contributed by atoms with Gasteiger partial charge in [-0.05, 0) is 77.1 Å². The quantitative estimate of drug-likeness (QED) is 0.135. The van der Waals surface area contributed by atoms with Gasteiger partial charge in [-0.2, -0.15) is 0 Å². The molecule has 0 spiro atoms. The van der Waals surface area contributed by atoms with E-state index in [1.54, 1.807) is 57.2 Å². The van der Waals surface area contributed by atoms with Crippen molar-refractivity contribution in [2.24, 2.45) is 17.8 Å². The maximum absolute atomic E-state index is 13.8. The summed E-state index contributed by atoms with van der Waals surface area (Å²) in [5, 5.41) is 33.4. The van der Waals surface area contributed by atoms with Gasteiger partial charge in [-0.15, -0.1) is 12.3 Å². The largest absolute Gasteiger partial charge is 0.448 e. The topological polar surface area (TPSA) is 163 Å². The van der Waals surface area contributed by atoms with E-state index >= 15 is 0 Å². The standard InChI is InChI=1S/C37H62INO12/c1-12-13-14-39(9)25-16-21(3)47-29(17-25)50-28-18-26(49-30-19-36(7,46-11)33(42)24(6)48-30)22(4)34(43)51-35(38)37(8,44)32(41)23(5)31(40)20(2)15-27(28)45-10/h1,20-30,32-33,35,41-42,44H,13-19H2,2-11H3/t20-,21-,22-,23+,24+,25+,26+,27-,28-,29+,30+,32-,33+,35+,36-,37+/m1/s1. The summed E-state index contributed by atoms with van der Waals surface area (Å²) >= 11 is 1.77. The number of ether oxygens (including phenoxy) is 7. The molecule has 0 amide bonds. The van der Waals surface area contributed by atoms with Gasteiger partial charge < -0.3 is 53.4 Å². The van der Waals surface area contributed by atoms with Crippen molar-refractivity contribution in [3.05, 3.63) is 0 Å². The number of alkyl halides is 1. The minimum atomic E-state index is -1.95. The van der Waals surface area contributed by atoms with Gasteiger partial charge in [0.15, 0.2) is 16.7 Å². The molecule has 3 aliphatic heterocycles. The van der Waals surface area contributed by atoms with E-state index in [0.29, 0.717) is 12.8 Å². The number of Topliss-reactive ketones (excluding diaryl/α,β-unsaturated/α-hetero) is 1. The summed E-state index contributed by atoms with van der Waals surface area (Å²) < 4.78 is 42.1. The molecule has 0 aromatic carbocycles. The van der Waals surface area contributed by atoms with E-state index in [1.807, 2.05) is 14.0 Å². The average Bonchev–Trinajstić information content (AvgIpc) is 3.08. The molecule has 14 heteroatoms. The highest BCUT2D eigenvalue weighted by Crippen LogP contribution is 2.37. The van der Waals surface area contributed by atoms with Gasteiger partial charge in [0.2, 0.25) is 0 Å². The van der Waals surface area contributed by atoms with Crippen molar-refractivity contribution in [3.63, 3.8) is 0 Å². The zero-order chi connectivity index (χ0) is 38.4. The van der Waals surface area contributed by atoms with E-state index < -0.39 is 88.2 Å². The number of nitrogens with zero attached hydrogens (tertiary/aromatic N) is 1. The smallest absolute Gasteiger partial charge is 0.312 e. The summed E-state index contributed by atoms with van der Waals surface area (Å²) in [6.45, 7) is 12.5. The van der Waals surface area contributed by atoms with Gasteiger partial charge in [-0.3, -0.25) is 9.59 Å². The SMILES string of the molecule is C#CCCN(C)[C@@H]1C[C@H](O[C@@H]2C[C@H](O[C@H]3C[C@@](C)(OC)[C@@H](O)[C@H](C)O3)[C@@H](C)C(=O)O[C@H](I)[C@@](C)(O)[C@H](O)[C@@H](C)C(=O)[C@H](C)C[C@H]2OC)O[C@H](C)C1. The van der Waals surface area contributed by atoms with Crippen molar-refractivity contribution in [2.75, 3.05) is 27.8 Å². The van der Waals surface area contributed by atoms with Crippen LogP contribution in [0.25, 0.3) is 0 Å². The van der Waals surface area contributed by atoms with Crippen molar-refractivity contribution in [1.29, 1.82) is 0 Å². The number of ketones is 1. The second kappa shape index (κ2) is 19.1. The first-order chi connectivity index (χ1) is 23.8. The van der Waals surface area contributed by atoms with Crippen LogP contribution in [0.1, 0.15) is 87.0 Å². The van der Waals surface area contributed by atoms with Crippen LogP contribution in [0.5, 0.6) is 0 Å². The van der Waals surface area contributed by atoms with Crippen LogP contribution in [0.2, 0.25) is 0 Å². The highest BCUT2D eigenvalue weighted by molar-refractivity contribution is 14.1. The lowest BCUT2D eigenvalue weighted by Crippen LogP contribution is -2.57. The average molecular weight is 840 g/mol. The Morgan fingerprint density at radius 2 is 1.57 bits per heavy atom. The van der Waals surface area contributed by atoms with Gasteiger partial charge in [0, 0.05) is 64.3 Å². The Morgan fingerprint density at radius 3 is 2.18 bits per heavy atom. The third-order valence-corrected chi connectivity index (χ3v) is 12.7. The van der Waals surface area contributed by atoms with E-state index in [9.17, 15) is 24.9 Å². The molecule has 0 aromatic rings. The summed E-state index contributed by atoms with van der Waals surface area (Å²) in [6, 6.07) is 0.138. The predicted molar refractivity (Wildman–Crippen MR) is 197 cm³/mol. The lowest BCUT2D eigenvalue weighted by Gasteiger charge is -2.46. The van der Waals surface area contributed by atoms with Crippen molar-refractivity contribution in [2.45, 2.75) is 164 Å². The molecule has 3 fully saturated rings. The third-order valence-electron chi connectivity index (χ3n) is 11.2. The predicted octanol–water partition coefficient (Wildman–Crippen LogP) is 3.21. The number of carbonyl (C=O) groups excluding carboxylic acids is 2. The summed E-state index contributed by atoms with van der Waals surface area (Å²) in [5.41, 5.74) is -2.94. The number of hydrogen-bond donors (Lipinski definition) is 3. The summed E-state index contributed by atoms with van der Waals surface area (Å²) in [7, 11) is 5.08. The fourth-order valence-electron chi connectivity index (χ4n) is 7.42. The van der Waals surface area contributed by atoms with Crippen molar-refractivity contribution < 1.29 is 58.1 Å². The van der Waals surface area contributed by atoms with Crippen molar-refractivity contribution in [1.82, 2.24) is 4.90 Å². The van der Waals surface area contributed by atoms with Gasteiger partial charge in [0.1, 0.15) is 17.5 Å². The summed E-state index contributed by atoms with van der Waals surface area (Å²) in [5.74, 6) is -0.775. The molecule has 3 saturated heterocycles. The fourth-order valence-corrected chi connectivity index (χ4v) is 8.04. The van der Waals surface area contributed by atoms with E-state index in [-0.39, 0.29) is 37.2 Å². The molecule has 0 aromatic heterocycles. The Balaban J connectivity index is 2.05. The van der Waals surface area contributed by atoms with Crippen molar-refractivity contribution >= 4 is 34.3 Å². The second-order valence-corrected chi connectivity index (χ2v) is 16.4. The van der Waals surface area contributed by atoms with E-state index in [2.05, 4.69) is 10.8 Å². The number of aliphatic hydroxyl groups excluding tert-OH is 2. The number of aliphatic hydroxyl groups is 3. The van der Waals surface area contributed by atoms with Gasteiger partial charge in [0.05, 0.1) is 48.1 Å². The maximum atomic E-state index is 13.8. The van der Waals surface area contributed by atoms with E-state index in [4.69, 9.17) is 39.6 Å². The number of methoxy groups -OCH3 is 2. The van der Waals surface area contributed by atoms with Crippen LogP contribution in [-0.2, 0) is 42.7 Å². The van der Waals surface area contributed by atoms with Crippen LogP contribution < -0.4 is 0 Å². The molecule has 13 nitrogen and oxygen atoms in total. The molecule has 51 heavy (non-hydrogen) atoms. The van der Waals surface area contributed by atoms with Crippen LogP contribution in [0.3, 0.4) is 0 Å². The first kappa shape index (κ1) is 44.4. The molecular weight excluding hydrogens is 777 g/mol. The Morgan fingerprint density at radius 1 is 0.922 bits per heavy atom. The van der Waals surface area contributed by atoms with Gasteiger partial charge in [0.25, 0.3) is 0 Å². The lowest BCUT2D eigenvalue weighted by molar-refractivity contribution is -0.297. The maximum Gasteiger partial charge on any atom is 0.312 e. The molecule has 0 bridgehead atoms. The third kappa shape index (κ3) is 11.1. The molecule has 3 N–H and O–H groups in total. The molecule has 294 valence electrons. The molecular formula is C37H62INO12. The molecule has 3 rings (SSSR count). The Hall–Kier alpha value is -0.970. The van der Waals surface area contributed by atoms with Gasteiger partial charge >= 0.3 is 5.97 Å².